The summed E-state index contributed by atoms with van der Waals surface area (Å²) in [7, 11) is 0. The third-order valence-corrected chi connectivity index (χ3v) is 3.96. The smallest absolute Gasteiger partial charge is 0.194 e. The average molecular weight is 350 g/mol. The monoisotopic (exact) mass is 350 g/mol. The van der Waals surface area contributed by atoms with E-state index in [-0.39, 0.29) is 5.78 Å². The molecule has 0 aliphatic heterocycles. The molecule has 0 amide bonds. The van der Waals surface area contributed by atoms with Gasteiger partial charge in [0.25, 0.3) is 0 Å². The summed E-state index contributed by atoms with van der Waals surface area (Å²) in [6, 6.07) is 11.9. The first-order valence-corrected chi connectivity index (χ1v) is 6.95. The predicted octanol–water partition coefficient (Wildman–Crippen LogP) is 4.45. The van der Waals surface area contributed by atoms with Crippen LogP contribution in [0.1, 0.15) is 32.6 Å². The molecule has 0 N–H and O–H groups in total. The average Bonchev–Trinajstić information content (AvgIpc) is 2.27. The van der Waals surface area contributed by atoms with Gasteiger partial charge < -0.3 is 0 Å². The van der Waals surface area contributed by atoms with E-state index in [2.05, 4.69) is 41.6 Å². The molecule has 0 saturated heterocycles. The molecule has 92 valence electrons. The number of ketones is 1. The Morgan fingerprint density at radius 1 is 1.00 bits per heavy atom. The lowest BCUT2D eigenvalue weighted by molar-refractivity contribution is 0.103. The Hall–Kier alpha value is -1.16. The summed E-state index contributed by atoms with van der Waals surface area (Å²) in [6.07, 6.45) is 0. The SMILES string of the molecule is Cc1cc(C)c(C(=O)c2ccccc2I)c(C)c1. The second-order valence-electron chi connectivity index (χ2n) is 4.58. The van der Waals surface area contributed by atoms with Gasteiger partial charge in [0, 0.05) is 14.7 Å². The predicted molar refractivity (Wildman–Crippen MR) is 83.2 cm³/mol. The highest BCUT2D eigenvalue weighted by molar-refractivity contribution is 14.1. The van der Waals surface area contributed by atoms with Gasteiger partial charge >= 0.3 is 0 Å². The van der Waals surface area contributed by atoms with Gasteiger partial charge in [0.05, 0.1) is 0 Å². The summed E-state index contributed by atoms with van der Waals surface area (Å²) in [5.41, 5.74) is 4.93. The lowest BCUT2D eigenvalue weighted by Gasteiger charge is -2.11. The van der Waals surface area contributed by atoms with Crippen LogP contribution in [-0.4, -0.2) is 5.78 Å². The van der Waals surface area contributed by atoms with E-state index in [0.29, 0.717) is 0 Å². The zero-order valence-corrected chi connectivity index (χ0v) is 12.9. The molecule has 0 radical (unpaired) electrons. The van der Waals surface area contributed by atoms with E-state index in [4.69, 9.17) is 0 Å². The lowest BCUT2D eigenvalue weighted by atomic mass is 9.93. The van der Waals surface area contributed by atoms with Gasteiger partial charge in [-0.05, 0) is 66.6 Å². The van der Waals surface area contributed by atoms with Crippen LogP contribution in [0.15, 0.2) is 36.4 Å². The van der Waals surface area contributed by atoms with Gasteiger partial charge in [0.2, 0.25) is 0 Å². The second-order valence-corrected chi connectivity index (χ2v) is 5.74. The fraction of sp³-hybridized carbons (Fsp3) is 0.188. The van der Waals surface area contributed by atoms with Crippen LogP contribution >= 0.6 is 22.6 Å². The zero-order chi connectivity index (χ0) is 13.3. The van der Waals surface area contributed by atoms with Crippen molar-refractivity contribution in [1.82, 2.24) is 0 Å². The Bertz CT molecular complexity index is 591. The summed E-state index contributed by atoms with van der Waals surface area (Å²) in [4.78, 5) is 12.6. The molecule has 2 heteroatoms. The maximum atomic E-state index is 12.6. The van der Waals surface area contributed by atoms with E-state index in [1.54, 1.807) is 0 Å². The van der Waals surface area contributed by atoms with E-state index in [1.165, 1.54) is 5.56 Å². The summed E-state index contributed by atoms with van der Waals surface area (Å²) >= 11 is 2.21. The van der Waals surface area contributed by atoms with Crippen LogP contribution in [0, 0.1) is 24.3 Å². The van der Waals surface area contributed by atoms with Crippen molar-refractivity contribution in [2.75, 3.05) is 0 Å². The molecule has 2 aromatic rings. The molecule has 0 heterocycles. The largest absolute Gasteiger partial charge is 0.289 e. The Labute approximate surface area is 121 Å². The molecule has 0 atom stereocenters. The number of carbonyl (C=O) groups excluding carboxylic acids is 1. The van der Waals surface area contributed by atoms with Gasteiger partial charge in [-0.15, -0.1) is 0 Å². The fourth-order valence-electron chi connectivity index (χ4n) is 2.32. The van der Waals surface area contributed by atoms with Gasteiger partial charge in [-0.2, -0.15) is 0 Å². The number of hydrogen-bond donors (Lipinski definition) is 0. The van der Waals surface area contributed by atoms with Gasteiger partial charge in [0.15, 0.2) is 5.78 Å². The molecule has 0 bridgehead atoms. The van der Waals surface area contributed by atoms with Crippen LogP contribution in [-0.2, 0) is 0 Å². The summed E-state index contributed by atoms with van der Waals surface area (Å²) in [5.74, 6) is 0.120. The van der Waals surface area contributed by atoms with E-state index in [9.17, 15) is 4.79 Å². The Morgan fingerprint density at radius 2 is 1.56 bits per heavy atom. The molecule has 0 aliphatic carbocycles. The highest BCUT2D eigenvalue weighted by atomic mass is 127. The lowest BCUT2D eigenvalue weighted by Crippen LogP contribution is -2.08. The van der Waals surface area contributed by atoms with Crippen LogP contribution in [0.4, 0.5) is 0 Å². The molecule has 0 aliphatic rings. The van der Waals surface area contributed by atoms with Gasteiger partial charge in [0.1, 0.15) is 0 Å². The molecular formula is C16H15IO. The van der Waals surface area contributed by atoms with Crippen LogP contribution in [0.25, 0.3) is 0 Å². The highest BCUT2D eigenvalue weighted by Crippen LogP contribution is 2.22. The number of rotatable bonds is 2. The molecule has 0 fully saturated rings. The summed E-state index contributed by atoms with van der Waals surface area (Å²) < 4.78 is 1.000. The molecule has 0 saturated carbocycles. The Kier molecular flexibility index (Phi) is 3.85. The molecular weight excluding hydrogens is 335 g/mol. The minimum atomic E-state index is 0.120. The van der Waals surface area contributed by atoms with Crippen molar-refractivity contribution in [2.24, 2.45) is 0 Å². The van der Waals surface area contributed by atoms with E-state index >= 15 is 0 Å². The van der Waals surface area contributed by atoms with Crippen LogP contribution in [0.3, 0.4) is 0 Å². The topological polar surface area (TPSA) is 17.1 Å². The first-order valence-electron chi connectivity index (χ1n) is 5.88. The normalized spacial score (nSPS) is 10.4. The van der Waals surface area contributed by atoms with Crippen molar-refractivity contribution < 1.29 is 4.79 Å². The first-order chi connectivity index (χ1) is 8.50. The van der Waals surface area contributed by atoms with E-state index in [1.807, 2.05) is 38.1 Å². The minimum absolute atomic E-state index is 0.120. The van der Waals surface area contributed by atoms with Gasteiger partial charge in [-0.1, -0.05) is 29.8 Å². The maximum absolute atomic E-state index is 12.6. The fourth-order valence-corrected chi connectivity index (χ4v) is 2.95. The Balaban J connectivity index is 2.57. The maximum Gasteiger partial charge on any atom is 0.194 e. The standard InChI is InChI=1S/C16H15IO/c1-10-8-11(2)15(12(3)9-10)16(18)13-6-4-5-7-14(13)17/h4-9H,1-3H3. The number of aryl methyl sites for hydroxylation is 3. The van der Waals surface area contributed by atoms with E-state index in [0.717, 1.165) is 25.8 Å². The molecule has 0 unspecified atom stereocenters. The van der Waals surface area contributed by atoms with Crippen molar-refractivity contribution in [3.8, 4) is 0 Å². The Morgan fingerprint density at radius 3 is 2.11 bits per heavy atom. The van der Waals surface area contributed by atoms with Crippen molar-refractivity contribution in [3.63, 3.8) is 0 Å². The molecule has 1 nitrogen and oxygen atoms in total. The number of benzene rings is 2. The number of hydrogen-bond acceptors (Lipinski definition) is 1. The first kappa shape index (κ1) is 13.3. The molecule has 2 aromatic carbocycles. The quantitative estimate of drug-likeness (QED) is 0.578. The van der Waals surface area contributed by atoms with Gasteiger partial charge in [-0.25, -0.2) is 0 Å². The molecule has 2 rings (SSSR count). The number of halogens is 1. The summed E-state index contributed by atoms with van der Waals surface area (Å²) in [5, 5.41) is 0. The molecule has 0 spiro atoms. The second kappa shape index (κ2) is 5.22. The third kappa shape index (κ3) is 2.48. The third-order valence-electron chi connectivity index (χ3n) is 3.02. The zero-order valence-electron chi connectivity index (χ0n) is 10.8. The minimum Gasteiger partial charge on any atom is -0.289 e. The highest BCUT2D eigenvalue weighted by Gasteiger charge is 2.16. The van der Waals surface area contributed by atoms with Crippen molar-refractivity contribution in [3.05, 3.63) is 67.8 Å². The number of carbonyl (C=O) groups is 1. The van der Waals surface area contributed by atoms with Crippen LogP contribution in [0.5, 0.6) is 0 Å². The molecule has 18 heavy (non-hydrogen) atoms. The van der Waals surface area contributed by atoms with Crippen molar-refractivity contribution in [1.29, 1.82) is 0 Å². The van der Waals surface area contributed by atoms with Gasteiger partial charge in [-0.3, -0.25) is 4.79 Å². The van der Waals surface area contributed by atoms with Crippen LogP contribution < -0.4 is 0 Å². The van der Waals surface area contributed by atoms with Crippen molar-refractivity contribution >= 4 is 28.4 Å². The van der Waals surface area contributed by atoms with Crippen LogP contribution in [0.2, 0.25) is 0 Å². The van der Waals surface area contributed by atoms with E-state index < -0.39 is 0 Å². The molecule has 0 aromatic heterocycles. The van der Waals surface area contributed by atoms with Crippen molar-refractivity contribution in [2.45, 2.75) is 20.8 Å². The summed E-state index contributed by atoms with van der Waals surface area (Å²) in [6.45, 7) is 6.06.